The van der Waals surface area contributed by atoms with Gasteiger partial charge in [0.1, 0.15) is 18.4 Å². The number of nitrogens with one attached hydrogen (secondary N) is 2. The Bertz CT molecular complexity index is 858. The number of terminal acetylenes is 1. The highest BCUT2D eigenvalue weighted by atomic mass is 16.4. The summed E-state index contributed by atoms with van der Waals surface area (Å²) >= 11 is 0. The van der Waals surface area contributed by atoms with Gasteiger partial charge in [0.15, 0.2) is 0 Å². The van der Waals surface area contributed by atoms with Crippen LogP contribution in [-0.2, 0) is 19.2 Å². The number of anilines is 1. The van der Waals surface area contributed by atoms with Crippen molar-refractivity contribution in [2.45, 2.75) is 12.5 Å². The molecule has 28 heavy (non-hydrogen) atoms. The Morgan fingerprint density at radius 2 is 1.89 bits per heavy atom. The fraction of sp³-hybridized carbons (Fsp3) is 0.278. The van der Waals surface area contributed by atoms with E-state index < -0.39 is 42.7 Å². The molecule has 1 saturated heterocycles. The van der Waals surface area contributed by atoms with E-state index in [9.17, 15) is 19.2 Å². The third-order valence-electron chi connectivity index (χ3n) is 4.05. The highest BCUT2D eigenvalue weighted by Gasteiger charge is 2.34. The molecule has 1 fully saturated rings. The highest BCUT2D eigenvalue weighted by molar-refractivity contribution is 6.41. The van der Waals surface area contributed by atoms with Crippen molar-refractivity contribution in [3.8, 4) is 12.3 Å². The maximum Gasteiger partial charge on any atom is 0.316 e. The van der Waals surface area contributed by atoms with Crippen LogP contribution in [0.25, 0.3) is 0 Å². The highest BCUT2D eigenvalue weighted by Crippen LogP contribution is 2.18. The van der Waals surface area contributed by atoms with E-state index in [0.717, 1.165) is 4.90 Å². The normalized spacial score (nSPS) is 15.0. The molecule has 10 heteroatoms. The molecule has 0 saturated carbocycles. The molecular weight excluding hydrogens is 366 g/mol. The van der Waals surface area contributed by atoms with Crippen molar-refractivity contribution in [3.63, 3.8) is 0 Å². The molecule has 0 spiro atoms. The van der Waals surface area contributed by atoms with Crippen molar-refractivity contribution in [3.05, 3.63) is 29.8 Å². The van der Waals surface area contributed by atoms with Crippen molar-refractivity contribution < 1.29 is 24.3 Å². The second kappa shape index (κ2) is 8.68. The first-order valence-electron chi connectivity index (χ1n) is 8.25. The molecule has 0 bridgehead atoms. The fourth-order valence-electron chi connectivity index (χ4n) is 2.63. The number of carboxylic acid groups (broad SMARTS) is 1. The van der Waals surface area contributed by atoms with E-state index in [2.05, 4.69) is 11.2 Å². The van der Waals surface area contributed by atoms with Crippen LogP contribution in [0.1, 0.15) is 12.0 Å². The molecule has 1 heterocycles. The zero-order valence-electron chi connectivity index (χ0n) is 14.8. The number of benzene rings is 1. The van der Waals surface area contributed by atoms with Crippen LogP contribution in [0.5, 0.6) is 0 Å². The maximum atomic E-state index is 12.4. The number of carbonyl (C=O) groups is 4. The predicted octanol–water partition coefficient (Wildman–Crippen LogP) is -1.26. The van der Waals surface area contributed by atoms with Crippen LogP contribution >= 0.6 is 0 Å². The largest absolute Gasteiger partial charge is 0.481 e. The maximum absolute atomic E-state index is 12.4. The van der Waals surface area contributed by atoms with E-state index in [1.165, 1.54) is 4.90 Å². The van der Waals surface area contributed by atoms with Crippen molar-refractivity contribution in [1.29, 1.82) is 5.41 Å². The number of carboxylic acids is 1. The van der Waals surface area contributed by atoms with Gasteiger partial charge in [0, 0.05) is 24.3 Å². The van der Waals surface area contributed by atoms with Gasteiger partial charge < -0.3 is 26.0 Å². The first kappa shape index (κ1) is 20.4. The Hall–Kier alpha value is -3.87. The lowest BCUT2D eigenvalue weighted by Crippen LogP contribution is -2.57. The molecule has 1 aromatic rings. The molecule has 10 nitrogen and oxygen atoms in total. The van der Waals surface area contributed by atoms with Crippen LogP contribution in [-0.4, -0.2) is 65.2 Å². The van der Waals surface area contributed by atoms with Gasteiger partial charge >= 0.3 is 17.8 Å². The number of piperazine rings is 1. The lowest BCUT2D eigenvalue weighted by Gasteiger charge is -2.33. The van der Waals surface area contributed by atoms with Gasteiger partial charge in [-0.2, -0.15) is 0 Å². The first-order valence-corrected chi connectivity index (χ1v) is 8.25. The van der Waals surface area contributed by atoms with Crippen LogP contribution in [0.2, 0.25) is 0 Å². The molecule has 0 aliphatic carbocycles. The number of nitrogens with zero attached hydrogens (tertiary/aromatic N) is 2. The van der Waals surface area contributed by atoms with Crippen LogP contribution in [0.15, 0.2) is 24.3 Å². The summed E-state index contributed by atoms with van der Waals surface area (Å²) in [6.07, 6.45) is 4.73. The fourth-order valence-corrected chi connectivity index (χ4v) is 2.63. The second-order valence-electron chi connectivity index (χ2n) is 6.03. The standard InChI is InChI=1S/C18H19N5O5/c1-2-12(9-15(25)26)21-14(24)10-22-7-8-23(18(28)17(22)27)13-5-3-11(4-6-13)16(19)20/h1,3-6,12H,7-10H2,(H3,19,20)(H,21,24)(H,25,26). The Morgan fingerprint density at radius 1 is 1.25 bits per heavy atom. The van der Waals surface area contributed by atoms with E-state index in [4.69, 9.17) is 22.7 Å². The summed E-state index contributed by atoms with van der Waals surface area (Å²) in [5.41, 5.74) is 6.35. The zero-order chi connectivity index (χ0) is 20.8. The number of aliphatic carboxylic acids is 1. The van der Waals surface area contributed by atoms with Crippen LogP contribution in [0.3, 0.4) is 0 Å². The molecule has 1 aliphatic heterocycles. The van der Waals surface area contributed by atoms with E-state index in [0.29, 0.717) is 11.3 Å². The minimum absolute atomic E-state index is 0.113. The summed E-state index contributed by atoms with van der Waals surface area (Å²) in [5, 5.41) is 18.4. The molecule has 2 rings (SSSR count). The number of hydrogen-bond acceptors (Lipinski definition) is 5. The monoisotopic (exact) mass is 385 g/mol. The lowest BCUT2D eigenvalue weighted by atomic mass is 10.1. The van der Waals surface area contributed by atoms with E-state index in [-0.39, 0.29) is 18.9 Å². The number of nitrogen functional groups attached to an aromatic ring is 1. The van der Waals surface area contributed by atoms with Crippen LogP contribution < -0.4 is 16.0 Å². The Morgan fingerprint density at radius 3 is 2.43 bits per heavy atom. The molecule has 1 atom stereocenters. The Labute approximate surface area is 160 Å². The third-order valence-corrected chi connectivity index (χ3v) is 4.05. The summed E-state index contributed by atoms with van der Waals surface area (Å²) in [7, 11) is 0. The van der Waals surface area contributed by atoms with Gasteiger partial charge in [0.25, 0.3) is 0 Å². The van der Waals surface area contributed by atoms with Crippen molar-refractivity contribution in [2.24, 2.45) is 5.73 Å². The molecule has 146 valence electrons. The molecule has 1 unspecified atom stereocenters. The first-order chi connectivity index (χ1) is 13.2. The Kier molecular flexibility index (Phi) is 6.34. The molecule has 3 amide bonds. The molecule has 0 aromatic heterocycles. The number of carbonyl (C=O) groups excluding carboxylic acids is 3. The van der Waals surface area contributed by atoms with Gasteiger partial charge in [0.2, 0.25) is 5.91 Å². The van der Waals surface area contributed by atoms with Gasteiger partial charge in [-0.1, -0.05) is 5.92 Å². The van der Waals surface area contributed by atoms with E-state index in [1.54, 1.807) is 24.3 Å². The summed E-state index contributed by atoms with van der Waals surface area (Å²) < 4.78 is 0. The number of amidine groups is 1. The molecule has 1 aliphatic rings. The SMILES string of the molecule is C#CC(CC(=O)O)NC(=O)CN1CCN(c2ccc(C(=N)N)cc2)C(=O)C1=O. The Balaban J connectivity index is 1.99. The predicted molar refractivity (Wildman–Crippen MR) is 99.4 cm³/mol. The summed E-state index contributed by atoms with van der Waals surface area (Å²) in [4.78, 5) is 49.8. The quantitative estimate of drug-likeness (QED) is 0.199. The van der Waals surface area contributed by atoms with E-state index >= 15 is 0 Å². The molecule has 1 aromatic carbocycles. The van der Waals surface area contributed by atoms with Crippen molar-refractivity contribution in [1.82, 2.24) is 10.2 Å². The van der Waals surface area contributed by atoms with Gasteiger partial charge in [-0.25, -0.2) is 0 Å². The van der Waals surface area contributed by atoms with Gasteiger partial charge in [-0.15, -0.1) is 6.42 Å². The lowest BCUT2D eigenvalue weighted by molar-refractivity contribution is -0.147. The summed E-state index contributed by atoms with van der Waals surface area (Å²) in [6, 6.07) is 5.29. The van der Waals surface area contributed by atoms with Gasteiger partial charge in [0.05, 0.1) is 6.42 Å². The van der Waals surface area contributed by atoms with E-state index in [1.807, 2.05) is 0 Å². The zero-order valence-corrected chi connectivity index (χ0v) is 14.8. The minimum atomic E-state index is -1.17. The number of amides is 3. The second-order valence-corrected chi connectivity index (χ2v) is 6.03. The van der Waals surface area contributed by atoms with Crippen molar-refractivity contribution in [2.75, 3.05) is 24.5 Å². The van der Waals surface area contributed by atoms with Gasteiger partial charge in [-0.05, 0) is 24.3 Å². The molecular formula is C18H19N5O5. The molecule has 5 N–H and O–H groups in total. The van der Waals surface area contributed by atoms with Crippen molar-refractivity contribution >= 4 is 35.2 Å². The summed E-state index contributed by atoms with van der Waals surface area (Å²) in [6.45, 7) is -0.115. The minimum Gasteiger partial charge on any atom is -0.481 e. The smallest absolute Gasteiger partial charge is 0.316 e. The van der Waals surface area contributed by atoms with Crippen LogP contribution in [0.4, 0.5) is 5.69 Å². The molecule has 0 radical (unpaired) electrons. The number of hydrogen-bond donors (Lipinski definition) is 4. The van der Waals surface area contributed by atoms with Crippen LogP contribution in [0, 0.1) is 17.8 Å². The number of rotatable bonds is 7. The average Bonchev–Trinajstić information content (AvgIpc) is 2.64. The summed E-state index contributed by atoms with van der Waals surface area (Å²) in [5.74, 6) is -1.43. The number of nitrogens with two attached hydrogens (primary N) is 1. The van der Waals surface area contributed by atoms with Gasteiger partial charge in [-0.3, -0.25) is 24.6 Å². The topological polar surface area (TPSA) is 157 Å². The third kappa shape index (κ3) is 4.85. The average molecular weight is 385 g/mol.